The molecule has 0 saturated heterocycles. The molecule has 0 radical (unpaired) electrons. The fraction of sp³-hybridized carbons (Fsp3) is 0.512. The molecule has 3 aromatic rings. The summed E-state index contributed by atoms with van der Waals surface area (Å²) in [6, 6.07) is 13.2. The van der Waals surface area contributed by atoms with Crippen LogP contribution in [-0.2, 0) is 27.6 Å². The van der Waals surface area contributed by atoms with Crippen molar-refractivity contribution < 1.29 is 97.5 Å². The van der Waals surface area contributed by atoms with E-state index < -0.39 is 137 Å². The van der Waals surface area contributed by atoms with E-state index in [0.717, 1.165) is 30.3 Å². The van der Waals surface area contributed by atoms with E-state index in [2.05, 4.69) is 6.58 Å². The molecule has 0 unspecified atom stereocenters. The van der Waals surface area contributed by atoms with Gasteiger partial charge in [0, 0.05) is 19.0 Å². The largest absolute Gasteiger partial charge is 0.460 e. The summed E-state index contributed by atoms with van der Waals surface area (Å²) in [6.07, 6.45) is -9.95. The van der Waals surface area contributed by atoms with Crippen molar-refractivity contribution >= 4 is 24.0 Å². The van der Waals surface area contributed by atoms with E-state index in [0.29, 0.717) is 21.0 Å². The van der Waals surface area contributed by atoms with Crippen LogP contribution in [0.3, 0.4) is 0 Å². The molecular weight excluding hydrogens is 1000 g/mol. The number of para-hydroxylation sites is 1. The van der Waals surface area contributed by atoms with Gasteiger partial charge in [-0.05, 0) is 51.9 Å². The first kappa shape index (κ1) is 58.0. The second-order valence-corrected chi connectivity index (χ2v) is 23.0. The van der Waals surface area contributed by atoms with E-state index >= 15 is 17.6 Å². The Morgan fingerprint density at radius 1 is 0.691 bits per heavy atom. The zero-order valence-electron chi connectivity index (χ0n) is 35.9. The van der Waals surface area contributed by atoms with Gasteiger partial charge in [0.05, 0.1) is 24.2 Å². The number of alkyl halides is 17. The molecular formula is C41H43F17N2O6SSi. The van der Waals surface area contributed by atoms with Gasteiger partial charge in [0.1, 0.15) is 0 Å². The van der Waals surface area contributed by atoms with E-state index in [1.807, 2.05) is 0 Å². The molecule has 27 heteroatoms. The first-order chi connectivity index (χ1) is 30.8. The summed E-state index contributed by atoms with van der Waals surface area (Å²) in [4.78, 5) is 10.2. The van der Waals surface area contributed by atoms with Crippen LogP contribution >= 0.6 is 0 Å². The molecule has 3 rings (SSSR count). The fourth-order valence-electron chi connectivity index (χ4n) is 7.44. The zero-order valence-corrected chi connectivity index (χ0v) is 37.7. The van der Waals surface area contributed by atoms with Crippen molar-refractivity contribution in [3.63, 3.8) is 0 Å². The lowest BCUT2D eigenvalue weighted by molar-refractivity contribution is -0.461. The molecule has 68 heavy (non-hydrogen) atoms. The summed E-state index contributed by atoms with van der Waals surface area (Å²) in [5, 5.41) is 22.2. The highest BCUT2D eigenvalue weighted by Crippen LogP contribution is 2.64. The van der Waals surface area contributed by atoms with Gasteiger partial charge < -0.3 is 9.53 Å². The van der Waals surface area contributed by atoms with Gasteiger partial charge in [-0.25, -0.2) is 8.42 Å². The van der Waals surface area contributed by atoms with Crippen molar-refractivity contribution in [1.82, 2.24) is 4.31 Å². The van der Waals surface area contributed by atoms with Crippen LogP contribution < -0.4 is 0 Å². The summed E-state index contributed by atoms with van der Waals surface area (Å²) in [6.45, 7) is 6.31. The first-order valence-electron chi connectivity index (χ1n) is 19.8. The van der Waals surface area contributed by atoms with Crippen molar-refractivity contribution in [2.24, 2.45) is 0 Å². The van der Waals surface area contributed by atoms with Crippen LogP contribution in [-0.4, -0.2) is 91.4 Å². The predicted molar refractivity (Wildman–Crippen MR) is 214 cm³/mol. The quantitative estimate of drug-likeness (QED) is 0.0315. The second-order valence-electron chi connectivity index (χ2n) is 16.1. The predicted octanol–water partition coefficient (Wildman–Crippen LogP) is 13.1. The highest BCUT2D eigenvalue weighted by molar-refractivity contribution is 7.89. The molecule has 0 aliphatic rings. The van der Waals surface area contributed by atoms with Crippen LogP contribution in [0, 0.1) is 10.1 Å². The molecule has 382 valence electrons. The van der Waals surface area contributed by atoms with Gasteiger partial charge in [-0.2, -0.15) is 78.9 Å². The Balaban J connectivity index is 2.19. The average Bonchev–Trinajstić information content (AvgIpc) is 3.24. The Morgan fingerprint density at radius 2 is 1.12 bits per heavy atom. The van der Waals surface area contributed by atoms with Crippen molar-refractivity contribution in [3.8, 4) is 11.1 Å². The lowest BCUT2D eigenvalue weighted by Crippen LogP contribution is -2.74. The van der Waals surface area contributed by atoms with Crippen molar-refractivity contribution in [3.05, 3.63) is 107 Å². The molecule has 3 aromatic carbocycles. The summed E-state index contributed by atoms with van der Waals surface area (Å²) < 4.78 is 276. The SMILES string of the molecule is C=CC[C@H](CO[Si](CCC(F)(F)C(F)(F)C(F)(F)C(F)(F)C(F)(F)C(F)(F)C(F)(F)C(F)(F)F)(C(C)C)C(C)C)N(Cc1ccccc1-c1ccccc1CO)S(=O)(=O)c1ccccc1[N+](=O)[O-]. The molecule has 1 N–H and O–H groups in total. The van der Waals surface area contributed by atoms with Crippen LogP contribution in [0.2, 0.25) is 17.1 Å². The number of halogens is 17. The number of nitrogens with zero attached hydrogens (tertiary/aromatic N) is 2. The van der Waals surface area contributed by atoms with Crippen molar-refractivity contribution in [2.45, 2.75) is 129 Å². The van der Waals surface area contributed by atoms with Crippen molar-refractivity contribution in [1.29, 1.82) is 0 Å². The topological polar surface area (TPSA) is 110 Å². The number of hydrogen-bond donors (Lipinski definition) is 1. The van der Waals surface area contributed by atoms with Gasteiger partial charge in [-0.15, -0.1) is 6.58 Å². The van der Waals surface area contributed by atoms with E-state index in [1.54, 1.807) is 30.3 Å². The van der Waals surface area contributed by atoms with Gasteiger partial charge in [0.15, 0.2) is 13.2 Å². The zero-order chi connectivity index (χ0) is 52.5. The van der Waals surface area contributed by atoms with Gasteiger partial charge in [-0.3, -0.25) is 10.1 Å². The highest BCUT2D eigenvalue weighted by atomic mass is 32.2. The lowest BCUT2D eigenvalue weighted by atomic mass is 9.88. The molecule has 0 spiro atoms. The number of benzene rings is 3. The smallest absolute Gasteiger partial charge is 0.415 e. The van der Waals surface area contributed by atoms with Crippen LogP contribution in [0.1, 0.15) is 51.7 Å². The Hall–Kier alpha value is -4.34. The minimum atomic E-state index is -8.78. The standard InChI is InChI=1S/C41H43F17N2O6SSi/c1-6-13-29(59(67(64,65)33-19-12-11-18-32(33)60(62)63)22-27-14-7-9-16-30(27)31-17-10-8-15-28(31)23-61)24-66-68(25(2)3,26(4)5)21-20-34(42,43)35(44,45)36(46,47)37(48,49)38(50,51)39(52,53)40(54,55)41(56,57)58/h6-12,14-19,25-26,29,61H,1,13,20-24H2,2-5H3/t29-/m1/s1. The minimum Gasteiger partial charge on any atom is -0.415 e. The Kier molecular flexibility index (Phi) is 17.2. The number of aliphatic hydroxyl groups excluding tert-OH is 1. The Bertz CT molecular complexity index is 2360. The lowest BCUT2D eigenvalue weighted by Gasteiger charge is -2.44. The molecule has 0 aliphatic heterocycles. The summed E-state index contributed by atoms with van der Waals surface area (Å²) in [5.74, 6) is -57.6. The fourth-order valence-corrected chi connectivity index (χ4v) is 13.7. The molecule has 0 saturated carbocycles. The molecule has 0 heterocycles. The van der Waals surface area contributed by atoms with E-state index in [4.69, 9.17) is 4.43 Å². The Morgan fingerprint density at radius 3 is 1.57 bits per heavy atom. The number of rotatable bonds is 24. The molecule has 1 atom stereocenters. The van der Waals surface area contributed by atoms with Crippen LogP contribution in [0.4, 0.5) is 80.3 Å². The summed E-state index contributed by atoms with van der Waals surface area (Å²) in [5.41, 5.74) is -1.90. The van der Waals surface area contributed by atoms with Crippen LogP contribution in [0.5, 0.6) is 0 Å². The Labute approximate surface area is 379 Å². The third-order valence-corrected chi connectivity index (χ3v) is 19.0. The van der Waals surface area contributed by atoms with Gasteiger partial charge >= 0.3 is 47.6 Å². The molecule has 0 amide bonds. The van der Waals surface area contributed by atoms with E-state index in [9.17, 15) is 80.7 Å². The van der Waals surface area contributed by atoms with E-state index in [1.165, 1.54) is 45.9 Å². The van der Waals surface area contributed by atoms with Gasteiger partial charge in [0.2, 0.25) is 0 Å². The molecule has 0 aromatic heterocycles. The molecule has 0 aliphatic carbocycles. The average molecular weight is 1040 g/mol. The summed E-state index contributed by atoms with van der Waals surface area (Å²) in [7, 11) is -9.57. The molecule has 0 fully saturated rings. The minimum absolute atomic E-state index is 0.186. The van der Waals surface area contributed by atoms with Crippen molar-refractivity contribution in [2.75, 3.05) is 6.61 Å². The number of nitro benzene ring substituents is 1. The number of aliphatic hydroxyl groups is 1. The maximum atomic E-state index is 15.4. The van der Waals surface area contributed by atoms with Gasteiger partial charge in [0.25, 0.3) is 15.7 Å². The first-order valence-corrected chi connectivity index (χ1v) is 23.5. The number of nitro groups is 1. The van der Waals surface area contributed by atoms with Crippen LogP contribution in [0.25, 0.3) is 11.1 Å². The molecule has 0 bridgehead atoms. The normalized spacial score (nSPS) is 14.8. The van der Waals surface area contributed by atoms with Crippen LogP contribution in [0.15, 0.2) is 90.3 Å². The third-order valence-electron chi connectivity index (χ3n) is 11.4. The summed E-state index contributed by atoms with van der Waals surface area (Å²) >= 11 is 0. The maximum absolute atomic E-state index is 15.4. The number of sulfonamides is 1. The highest BCUT2D eigenvalue weighted by Gasteiger charge is 2.95. The molecule has 8 nitrogen and oxygen atoms in total. The monoisotopic (exact) mass is 1040 g/mol. The maximum Gasteiger partial charge on any atom is 0.460 e. The third kappa shape index (κ3) is 10.1. The van der Waals surface area contributed by atoms with Gasteiger partial charge in [-0.1, -0.05) is 94.4 Å². The number of hydrogen-bond acceptors (Lipinski definition) is 6. The second kappa shape index (κ2) is 20.2. The van der Waals surface area contributed by atoms with E-state index in [-0.39, 0.29) is 5.56 Å².